The van der Waals surface area contributed by atoms with Gasteiger partial charge in [-0.1, -0.05) is 4.49 Å². The number of aryl methyl sites for hydroxylation is 1. The molecular formula is C6H9N7S. The molecule has 0 amide bonds. The molecule has 0 aliphatic heterocycles. The molecule has 8 heteroatoms. The van der Waals surface area contributed by atoms with Gasteiger partial charge in [0.15, 0.2) is 5.82 Å². The predicted octanol–water partition coefficient (Wildman–Crippen LogP) is -0.696. The van der Waals surface area contributed by atoms with Crippen LogP contribution in [0.3, 0.4) is 0 Å². The van der Waals surface area contributed by atoms with Crippen LogP contribution in [0, 0.1) is 0 Å². The van der Waals surface area contributed by atoms with Gasteiger partial charge in [0.05, 0.1) is 18.1 Å². The lowest BCUT2D eigenvalue weighted by atomic mass is 10.2. The molecule has 7 nitrogen and oxygen atoms in total. The highest BCUT2D eigenvalue weighted by molar-refractivity contribution is 7.05. The third kappa shape index (κ3) is 1.91. The molecule has 2 aromatic heterocycles. The summed E-state index contributed by atoms with van der Waals surface area (Å²) in [6.45, 7) is 0. The highest BCUT2D eigenvalue weighted by atomic mass is 32.1. The molecule has 2 rings (SSSR count). The van der Waals surface area contributed by atoms with Crippen LogP contribution in [0.25, 0.3) is 0 Å². The summed E-state index contributed by atoms with van der Waals surface area (Å²) in [6.07, 6.45) is 2.21. The van der Waals surface area contributed by atoms with Crippen LogP contribution in [0.5, 0.6) is 0 Å². The first-order valence-corrected chi connectivity index (χ1v) is 4.79. The molecule has 0 bridgehead atoms. The van der Waals surface area contributed by atoms with Crippen LogP contribution in [0.1, 0.15) is 16.7 Å². The minimum absolute atomic E-state index is 0.154. The second kappa shape index (κ2) is 3.76. The Morgan fingerprint density at radius 3 is 3.07 bits per heavy atom. The van der Waals surface area contributed by atoms with Crippen molar-refractivity contribution >= 4 is 11.5 Å². The van der Waals surface area contributed by atoms with Crippen LogP contribution in [0.15, 0.2) is 6.20 Å². The number of aromatic nitrogens is 6. The lowest BCUT2D eigenvalue weighted by Crippen LogP contribution is -2.13. The van der Waals surface area contributed by atoms with E-state index in [1.54, 1.807) is 13.2 Å². The highest BCUT2D eigenvalue weighted by Gasteiger charge is 2.12. The monoisotopic (exact) mass is 211 g/mol. The standard InChI is InChI=1S/C6H9N7S/c1-13-10-6(9-11-13)2-4(7)5-3-8-12-14-5/h3-4H,2,7H2,1H3. The maximum Gasteiger partial charge on any atom is 0.176 e. The summed E-state index contributed by atoms with van der Waals surface area (Å²) in [7, 11) is 1.72. The van der Waals surface area contributed by atoms with Gasteiger partial charge < -0.3 is 5.73 Å². The average Bonchev–Trinajstić information content (AvgIpc) is 2.75. The van der Waals surface area contributed by atoms with Crippen molar-refractivity contribution < 1.29 is 0 Å². The number of tetrazole rings is 1. The molecule has 2 aromatic rings. The largest absolute Gasteiger partial charge is 0.323 e. The molecule has 0 aromatic carbocycles. The molecule has 0 radical (unpaired) electrons. The highest BCUT2D eigenvalue weighted by Crippen LogP contribution is 2.15. The van der Waals surface area contributed by atoms with E-state index in [1.807, 2.05) is 0 Å². The summed E-state index contributed by atoms with van der Waals surface area (Å²) in [5, 5.41) is 15.3. The van der Waals surface area contributed by atoms with Gasteiger partial charge in [0.25, 0.3) is 0 Å². The van der Waals surface area contributed by atoms with Crippen LogP contribution >= 0.6 is 11.5 Å². The minimum atomic E-state index is -0.154. The lowest BCUT2D eigenvalue weighted by Gasteiger charge is -2.03. The first kappa shape index (κ1) is 9.16. The smallest absolute Gasteiger partial charge is 0.176 e. The summed E-state index contributed by atoms with van der Waals surface area (Å²) in [4.78, 5) is 2.34. The van der Waals surface area contributed by atoms with Gasteiger partial charge >= 0.3 is 0 Å². The van der Waals surface area contributed by atoms with Crippen molar-refractivity contribution in [2.75, 3.05) is 0 Å². The van der Waals surface area contributed by atoms with Crippen LogP contribution in [0.2, 0.25) is 0 Å². The first-order chi connectivity index (χ1) is 6.75. The molecular weight excluding hydrogens is 202 g/mol. The van der Waals surface area contributed by atoms with Gasteiger partial charge in [-0.3, -0.25) is 0 Å². The summed E-state index contributed by atoms with van der Waals surface area (Å²) in [6, 6.07) is -0.154. The maximum absolute atomic E-state index is 5.89. The number of nitrogens with two attached hydrogens (primary N) is 1. The molecule has 0 saturated heterocycles. The fourth-order valence-electron chi connectivity index (χ4n) is 1.04. The van der Waals surface area contributed by atoms with Crippen molar-refractivity contribution in [3.05, 3.63) is 16.9 Å². The Hall–Kier alpha value is -1.41. The SMILES string of the molecule is Cn1nnc(CC(N)c2cnns2)n1. The molecule has 0 aliphatic carbocycles. The lowest BCUT2D eigenvalue weighted by molar-refractivity contribution is 0.623. The second-order valence-corrected chi connectivity index (χ2v) is 3.64. The fraction of sp³-hybridized carbons (Fsp3) is 0.500. The zero-order valence-electron chi connectivity index (χ0n) is 7.53. The van der Waals surface area contributed by atoms with E-state index in [4.69, 9.17) is 5.73 Å². The summed E-state index contributed by atoms with van der Waals surface area (Å²) >= 11 is 1.29. The summed E-state index contributed by atoms with van der Waals surface area (Å²) in [5.74, 6) is 0.633. The van der Waals surface area contributed by atoms with Gasteiger partial charge in [-0.15, -0.1) is 15.3 Å². The molecule has 0 spiro atoms. The van der Waals surface area contributed by atoms with Crippen molar-refractivity contribution in [3.63, 3.8) is 0 Å². The predicted molar refractivity (Wildman–Crippen MR) is 49.3 cm³/mol. The number of nitrogens with zero attached hydrogens (tertiary/aromatic N) is 6. The fourth-order valence-corrected chi connectivity index (χ4v) is 1.54. The molecule has 2 heterocycles. The van der Waals surface area contributed by atoms with Crippen molar-refractivity contribution in [1.29, 1.82) is 0 Å². The first-order valence-electron chi connectivity index (χ1n) is 4.01. The Morgan fingerprint density at radius 2 is 2.50 bits per heavy atom. The molecule has 0 fully saturated rings. The van der Waals surface area contributed by atoms with E-state index in [0.29, 0.717) is 12.2 Å². The van der Waals surface area contributed by atoms with Crippen molar-refractivity contribution in [3.8, 4) is 0 Å². The second-order valence-electron chi connectivity index (χ2n) is 2.83. The van der Waals surface area contributed by atoms with E-state index in [2.05, 4.69) is 25.0 Å². The summed E-state index contributed by atoms with van der Waals surface area (Å²) < 4.78 is 3.74. The van der Waals surface area contributed by atoms with E-state index >= 15 is 0 Å². The van der Waals surface area contributed by atoms with E-state index in [-0.39, 0.29) is 6.04 Å². The molecule has 2 N–H and O–H groups in total. The normalized spacial score (nSPS) is 13.0. The van der Waals surface area contributed by atoms with Crippen molar-refractivity contribution in [2.45, 2.75) is 12.5 Å². The number of rotatable bonds is 3. The average molecular weight is 211 g/mol. The number of hydrogen-bond donors (Lipinski definition) is 1. The van der Waals surface area contributed by atoms with Crippen molar-refractivity contribution in [1.82, 2.24) is 29.8 Å². The van der Waals surface area contributed by atoms with Gasteiger partial charge in [-0.25, -0.2) is 0 Å². The van der Waals surface area contributed by atoms with Crippen LogP contribution in [0.4, 0.5) is 0 Å². The molecule has 1 unspecified atom stereocenters. The Kier molecular flexibility index (Phi) is 2.46. The molecule has 74 valence electrons. The molecule has 1 atom stereocenters. The Balaban J connectivity index is 2.05. The third-order valence-electron chi connectivity index (χ3n) is 1.70. The molecule has 0 saturated carbocycles. The molecule has 0 aliphatic rings. The zero-order chi connectivity index (χ0) is 9.97. The summed E-state index contributed by atoms with van der Waals surface area (Å²) in [5.41, 5.74) is 5.89. The van der Waals surface area contributed by atoms with Gasteiger partial charge in [0, 0.05) is 12.5 Å². The Morgan fingerprint density at radius 1 is 1.64 bits per heavy atom. The van der Waals surface area contributed by atoms with Gasteiger partial charge in [-0.05, 0) is 16.7 Å². The third-order valence-corrected chi connectivity index (χ3v) is 2.49. The topological polar surface area (TPSA) is 95.4 Å². The van der Waals surface area contributed by atoms with Crippen LogP contribution in [-0.2, 0) is 13.5 Å². The van der Waals surface area contributed by atoms with E-state index in [0.717, 1.165) is 4.88 Å². The Labute approximate surface area is 84.1 Å². The van der Waals surface area contributed by atoms with Crippen molar-refractivity contribution in [2.24, 2.45) is 12.8 Å². The van der Waals surface area contributed by atoms with E-state index < -0.39 is 0 Å². The quantitative estimate of drug-likeness (QED) is 0.721. The Bertz CT molecular complexity index is 394. The van der Waals surface area contributed by atoms with Gasteiger partial charge in [0.1, 0.15) is 0 Å². The maximum atomic E-state index is 5.89. The van der Waals surface area contributed by atoms with Crippen LogP contribution in [-0.4, -0.2) is 29.8 Å². The van der Waals surface area contributed by atoms with Gasteiger partial charge in [-0.2, -0.15) is 4.80 Å². The van der Waals surface area contributed by atoms with Gasteiger partial charge in [0.2, 0.25) is 0 Å². The zero-order valence-corrected chi connectivity index (χ0v) is 8.35. The van der Waals surface area contributed by atoms with E-state index in [1.165, 1.54) is 16.3 Å². The number of hydrogen-bond acceptors (Lipinski definition) is 7. The molecule has 14 heavy (non-hydrogen) atoms. The van der Waals surface area contributed by atoms with E-state index in [9.17, 15) is 0 Å². The van der Waals surface area contributed by atoms with Crippen LogP contribution < -0.4 is 5.73 Å². The minimum Gasteiger partial charge on any atom is -0.323 e.